The van der Waals surface area contributed by atoms with Crippen LogP contribution in [0.5, 0.6) is 5.75 Å². The minimum atomic E-state index is -0.253. The van der Waals surface area contributed by atoms with Crippen LogP contribution < -0.4 is 10.1 Å². The molecule has 0 saturated heterocycles. The molecule has 0 aliphatic carbocycles. The number of carbonyl (C=O) groups excluding carboxylic acids is 1. The van der Waals surface area contributed by atoms with E-state index in [2.05, 4.69) is 21.2 Å². The zero-order valence-corrected chi connectivity index (χ0v) is 15.9. The molecule has 2 rings (SSSR count). The van der Waals surface area contributed by atoms with Crippen LogP contribution in [0.15, 0.2) is 51.8 Å². The summed E-state index contributed by atoms with van der Waals surface area (Å²) in [6, 6.07) is 11.9. The molecule has 0 fully saturated rings. The van der Waals surface area contributed by atoms with E-state index in [4.69, 9.17) is 4.74 Å². The number of benzene rings is 2. The van der Waals surface area contributed by atoms with Crippen LogP contribution >= 0.6 is 27.7 Å². The van der Waals surface area contributed by atoms with Gasteiger partial charge in [0, 0.05) is 17.1 Å². The number of hydrogen-bond acceptors (Lipinski definition) is 3. The number of halogens is 2. The number of methoxy groups -OCH3 is 1. The summed E-state index contributed by atoms with van der Waals surface area (Å²) in [6.45, 7) is 1.94. The highest BCUT2D eigenvalue weighted by Gasteiger charge is 2.11. The lowest BCUT2D eigenvalue weighted by atomic mass is 10.1. The van der Waals surface area contributed by atoms with Gasteiger partial charge in [0.25, 0.3) is 0 Å². The predicted molar refractivity (Wildman–Crippen MR) is 99.0 cm³/mol. The maximum atomic E-state index is 12.8. The molecule has 1 N–H and O–H groups in total. The molecule has 0 saturated carbocycles. The van der Waals surface area contributed by atoms with Crippen molar-refractivity contribution in [2.45, 2.75) is 24.3 Å². The largest absolute Gasteiger partial charge is 0.496 e. The molecular weight excluding hydrogens is 393 g/mol. The standard InChI is InChI=1S/C18H19BrFNO2S/c1-12(13-3-8-17(23-2)16(19)11-13)21-18(22)9-10-24-15-6-4-14(20)5-7-15/h3-8,11-12H,9-10H2,1-2H3,(H,21,22)/t12-/m0/s1. The number of ether oxygens (including phenoxy) is 1. The average Bonchev–Trinajstić information content (AvgIpc) is 2.56. The van der Waals surface area contributed by atoms with Gasteiger partial charge in [0.15, 0.2) is 0 Å². The zero-order chi connectivity index (χ0) is 17.5. The van der Waals surface area contributed by atoms with Crippen LogP contribution in [0.3, 0.4) is 0 Å². The lowest BCUT2D eigenvalue weighted by molar-refractivity contribution is -0.121. The number of nitrogens with one attached hydrogen (secondary N) is 1. The van der Waals surface area contributed by atoms with E-state index in [-0.39, 0.29) is 17.8 Å². The first-order chi connectivity index (χ1) is 11.5. The van der Waals surface area contributed by atoms with Gasteiger partial charge in [-0.3, -0.25) is 4.79 Å². The molecule has 3 nitrogen and oxygen atoms in total. The summed E-state index contributed by atoms with van der Waals surface area (Å²) in [5.41, 5.74) is 1.00. The molecule has 1 amide bonds. The third-order valence-electron chi connectivity index (χ3n) is 3.46. The summed E-state index contributed by atoms with van der Waals surface area (Å²) in [4.78, 5) is 13.0. The second kappa shape index (κ2) is 9.08. The van der Waals surface area contributed by atoms with Gasteiger partial charge in [-0.2, -0.15) is 0 Å². The van der Waals surface area contributed by atoms with Gasteiger partial charge in [0.2, 0.25) is 5.91 Å². The van der Waals surface area contributed by atoms with Crippen LogP contribution in [0.2, 0.25) is 0 Å². The Bertz CT molecular complexity index is 694. The fraction of sp³-hybridized carbons (Fsp3) is 0.278. The highest BCUT2D eigenvalue weighted by Crippen LogP contribution is 2.28. The third-order valence-corrected chi connectivity index (χ3v) is 5.10. The smallest absolute Gasteiger partial charge is 0.221 e. The molecule has 0 spiro atoms. The first-order valence-corrected chi connectivity index (χ1v) is 9.28. The summed E-state index contributed by atoms with van der Waals surface area (Å²) in [5, 5.41) is 2.98. The van der Waals surface area contributed by atoms with Gasteiger partial charge in [0.05, 0.1) is 17.6 Å². The molecule has 2 aromatic rings. The Morgan fingerprint density at radius 2 is 2.00 bits per heavy atom. The van der Waals surface area contributed by atoms with Gasteiger partial charge < -0.3 is 10.1 Å². The van der Waals surface area contributed by atoms with Crippen molar-refractivity contribution >= 4 is 33.6 Å². The fourth-order valence-electron chi connectivity index (χ4n) is 2.14. The molecule has 0 unspecified atom stereocenters. The van der Waals surface area contributed by atoms with Gasteiger partial charge in [0.1, 0.15) is 11.6 Å². The lowest BCUT2D eigenvalue weighted by Gasteiger charge is -2.15. The van der Waals surface area contributed by atoms with Crippen LogP contribution in [0, 0.1) is 5.82 Å². The molecule has 6 heteroatoms. The average molecular weight is 412 g/mol. The molecule has 0 bridgehead atoms. The summed E-state index contributed by atoms with van der Waals surface area (Å²) < 4.78 is 18.9. The summed E-state index contributed by atoms with van der Waals surface area (Å²) in [6.07, 6.45) is 0.406. The molecule has 0 aliphatic rings. The SMILES string of the molecule is COc1ccc([C@H](C)NC(=O)CCSc2ccc(F)cc2)cc1Br. The van der Waals surface area contributed by atoms with Gasteiger partial charge >= 0.3 is 0 Å². The number of thioether (sulfide) groups is 1. The Labute approximate surface area is 154 Å². The number of amides is 1. The van der Waals surface area contributed by atoms with E-state index >= 15 is 0 Å². The Kier molecular flexibility index (Phi) is 7.12. The Hall–Kier alpha value is -1.53. The normalized spacial score (nSPS) is 11.8. The Morgan fingerprint density at radius 1 is 1.29 bits per heavy atom. The van der Waals surface area contributed by atoms with Crippen LogP contribution in [-0.4, -0.2) is 18.8 Å². The van der Waals surface area contributed by atoms with Crippen molar-refractivity contribution in [1.29, 1.82) is 0 Å². The van der Waals surface area contributed by atoms with Crippen molar-refractivity contribution in [3.8, 4) is 5.75 Å². The van der Waals surface area contributed by atoms with E-state index in [1.165, 1.54) is 23.9 Å². The number of hydrogen-bond donors (Lipinski definition) is 1. The number of rotatable bonds is 7. The van der Waals surface area contributed by atoms with Crippen molar-refractivity contribution in [3.63, 3.8) is 0 Å². The first-order valence-electron chi connectivity index (χ1n) is 7.50. The van der Waals surface area contributed by atoms with Crippen molar-refractivity contribution in [2.24, 2.45) is 0 Å². The topological polar surface area (TPSA) is 38.3 Å². The molecule has 0 aliphatic heterocycles. The maximum Gasteiger partial charge on any atom is 0.221 e. The van der Waals surface area contributed by atoms with E-state index in [1.807, 2.05) is 25.1 Å². The monoisotopic (exact) mass is 411 g/mol. The first kappa shape index (κ1) is 18.8. The number of carbonyl (C=O) groups is 1. The zero-order valence-electron chi connectivity index (χ0n) is 13.5. The van der Waals surface area contributed by atoms with Crippen molar-refractivity contribution in [1.82, 2.24) is 5.32 Å². The molecule has 1 atom stereocenters. The van der Waals surface area contributed by atoms with E-state index in [1.54, 1.807) is 19.2 Å². The molecular formula is C18H19BrFNO2S. The highest BCUT2D eigenvalue weighted by atomic mass is 79.9. The minimum Gasteiger partial charge on any atom is -0.496 e. The van der Waals surface area contributed by atoms with E-state index in [0.717, 1.165) is 20.7 Å². The summed E-state index contributed by atoms with van der Waals surface area (Å²) in [7, 11) is 1.61. The van der Waals surface area contributed by atoms with Gasteiger partial charge in [-0.05, 0) is 64.8 Å². The highest BCUT2D eigenvalue weighted by molar-refractivity contribution is 9.10. The second-order valence-electron chi connectivity index (χ2n) is 5.24. The quantitative estimate of drug-likeness (QED) is 0.654. The van der Waals surface area contributed by atoms with Crippen LogP contribution in [0.25, 0.3) is 0 Å². The van der Waals surface area contributed by atoms with Gasteiger partial charge in [-0.1, -0.05) is 6.07 Å². The van der Waals surface area contributed by atoms with Crippen LogP contribution in [0.4, 0.5) is 4.39 Å². The lowest BCUT2D eigenvalue weighted by Crippen LogP contribution is -2.26. The minimum absolute atomic E-state index is 0.0101. The van der Waals surface area contributed by atoms with E-state index in [9.17, 15) is 9.18 Å². The molecule has 0 aromatic heterocycles. The van der Waals surface area contributed by atoms with Crippen molar-refractivity contribution in [3.05, 3.63) is 58.3 Å². The third kappa shape index (κ3) is 5.53. The van der Waals surface area contributed by atoms with E-state index in [0.29, 0.717) is 12.2 Å². The molecule has 24 heavy (non-hydrogen) atoms. The van der Waals surface area contributed by atoms with Crippen LogP contribution in [0.1, 0.15) is 24.9 Å². The molecule has 128 valence electrons. The summed E-state index contributed by atoms with van der Waals surface area (Å²) in [5.74, 6) is 1.14. The molecule has 0 heterocycles. The fourth-order valence-corrected chi connectivity index (χ4v) is 3.55. The van der Waals surface area contributed by atoms with Crippen molar-refractivity contribution < 1.29 is 13.9 Å². The second-order valence-corrected chi connectivity index (χ2v) is 7.26. The van der Waals surface area contributed by atoms with E-state index < -0.39 is 0 Å². The Balaban J connectivity index is 1.81. The van der Waals surface area contributed by atoms with Gasteiger partial charge in [-0.25, -0.2) is 4.39 Å². The molecule has 2 aromatic carbocycles. The predicted octanol–water partition coefficient (Wildman–Crippen LogP) is 4.96. The van der Waals surface area contributed by atoms with Crippen molar-refractivity contribution in [2.75, 3.05) is 12.9 Å². The van der Waals surface area contributed by atoms with Crippen LogP contribution in [-0.2, 0) is 4.79 Å². The summed E-state index contributed by atoms with van der Waals surface area (Å²) >= 11 is 4.98. The molecule has 0 radical (unpaired) electrons. The maximum absolute atomic E-state index is 12.8. The Morgan fingerprint density at radius 3 is 2.62 bits per heavy atom. The van der Waals surface area contributed by atoms with Gasteiger partial charge in [-0.15, -0.1) is 11.8 Å².